The molecule has 0 saturated heterocycles. The number of nitrogens with zero attached hydrogens (tertiary/aromatic N) is 2. The van der Waals surface area contributed by atoms with Crippen molar-refractivity contribution >= 4 is 22.7 Å². The molecule has 1 fully saturated rings. The number of aromatic nitrogens is 2. The second-order valence-corrected chi connectivity index (χ2v) is 9.43. The zero-order valence-electron chi connectivity index (χ0n) is 20.9. The topological polar surface area (TPSA) is 86.5 Å². The number of ketones is 1. The number of rotatable bonds is 8. The summed E-state index contributed by atoms with van der Waals surface area (Å²) in [7, 11) is 3.31. The molecule has 5 rings (SSSR count). The first-order valence-electron chi connectivity index (χ1n) is 12.4. The molecule has 0 atom stereocenters. The Hall–Kier alpha value is -3.87. The van der Waals surface area contributed by atoms with Gasteiger partial charge in [-0.2, -0.15) is 0 Å². The minimum atomic E-state index is 0.275. The predicted molar refractivity (Wildman–Crippen MR) is 140 cm³/mol. The van der Waals surface area contributed by atoms with Crippen LogP contribution in [0.2, 0.25) is 0 Å². The summed E-state index contributed by atoms with van der Waals surface area (Å²) >= 11 is 0. The monoisotopic (exact) mass is 485 g/mol. The molecule has 2 aromatic carbocycles. The van der Waals surface area contributed by atoms with Gasteiger partial charge in [-0.1, -0.05) is 12.1 Å². The number of carbonyl (C=O) groups is 1. The smallest absolute Gasteiger partial charge is 0.232 e. The number of methoxy groups -OCH3 is 2. The molecule has 0 spiro atoms. The van der Waals surface area contributed by atoms with E-state index in [1.807, 2.05) is 48.5 Å². The number of fused-ring (bicyclic) bond motifs is 1. The lowest BCUT2D eigenvalue weighted by molar-refractivity contribution is -0.118. The van der Waals surface area contributed by atoms with Crippen molar-refractivity contribution in [1.82, 2.24) is 9.97 Å². The summed E-state index contributed by atoms with van der Waals surface area (Å²) in [4.78, 5) is 20.7. The first-order chi connectivity index (χ1) is 17.6. The van der Waals surface area contributed by atoms with Crippen LogP contribution in [-0.4, -0.2) is 36.0 Å². The quantitative estimate of drug-likeness (QED) is 0.304. The van der Waals surface area contributed by atoms with Gasteiger partial charge in [0.15, 0.2) is 0 Å². The largest absolute Gasteiger partial charge is 0.497 e. The van der Waals surface area contributed by atoms with Crippen LogP contribution in [-0.2, 0) is 4.79 Å². The van der Waals surface area contributed by atoms with Crippen molar-refractivity contribution in [3.8, 4) is 33.9 Å². The molecule has 0 aliphatic heterocycles. The van der Waals surface area contributed by atoms with E-state index in [0.29, 0.717) is 18.1 Å². The number of hydrogen-bond donors (Lipinski definition) is 1. The van der Waals surface area contributed by atoms with Crippen LogP contribution in [0.3, 0.4) is 0 Å². The van der Waals surface area contributed by atoms with Gasteiger partial charge in [0.05, 0.1) is 19.6 Å². The van der Waals surface area contributed by atoms with Gasteiger partial charge in [-0.3, -0.25) is 0 Å². The van der Waals surface area contributed by atoms with E-state index < -0.39 is 0 Å². The van der Waals surface area contributed by atoms with Crippen LogP contribution in [0.1, 0.15) is 39.0 Å². The summed E-state index contributed by atoms with van der Waals surface area (Å²) in [6.07, 6.45) is 6.32. The average Bonchev–Trinajstić information content (AvgIpc) is 3.30. The summed E-state index contributed by atoms with van der Waals surface area (Å²) in [6.45, 7) is 1.68. The zero-order valence-corrected chi connectivity index (χ0v) is 20.9. The van der Waals surface area contributed by atoms with E-state index in [2.05, 4.69) is 15.3 Å². The fraction of sp³-hybridized carbons (Fsp3) is 0.345. The number of ether oxygens (including phenoxy) is 2. The highest BCUT2D eigenvalue weighted by Crippen LogP contribution is 2.43. The standard InChI is InChI=1S/C29H31N3O4/c1-18(33)16-19-4-10-22(11-5-19)32-28-26-25(20-6-12-23(34-2)13-7-20)27(36-29(26)31-17-30-28)21-8-14-24(35-3)15-9-21/h6-9,12-15,17,19,22H,4-5,10-11,16H2,1-3H3,(H,30,31,32). The van der Waals surface area contributed by atoms with E-state index in [9.17, 15) is 4.79 Å². The van der Waals surface area contributed by atoms with Crippen molar-refractivity contribution in [3.05, 3.63) is 54.9 Å². The Kier molecular flexibility index (Phi) is 6.89. The maximum Gasteiger partial charge on any atom is 0.232 e. The molecule has 7 heteroatoms. The summed E-state index contributed by atoms with van der Waals surface area (Å²) in [5.74, 6) is 3.82. The van der Waals surface area contributed by atoms with Crippen molar-refractivity contribution in [2.75, 3.05) is 19.5 Å². The van der Waals surface area contributed by atoms with Gasteiger partial charge in [-0.25, -0.2) is 9.97 Å². The van der Waals surface area contributed by atoms with Gasteiger partial charge in [0.25, 0.3) is 0 Å². The fourth-order valence-electron chi connectivity index (χ4n) is 5.13. The molecule has 0 amide bonds. The van der Waals surface area contributed by atoms with Gasteiger partial charge in [-0.15, -0.1) is 0 Å². The molecule has 1 saturated carbocycles. The lowest BCUT2D eigenvalue weighted by atomic mass is 9.83. The van der Waals surface area contributed by atoms with Crippen LogP contribution in [0.4, 0.5) is 5.82 Å². The third-order valence-electron chi connectivity index (χ3n) is 6.98. The summed E-state index contributed by atoms with van der Waals surface area (Å²) in [6, 6.07) is 16.0. The first kappa shape index (κ1) is 23.9. The molecule has 7 nitrogen and oxygen atoms in total. The van der Waals surface area contributed by atoms with E-state index in [4.69, 9.17) is 13.9 Å². The van der Waals surface area contributed by atoms with Gasteiger partial charge < -0.3 is 24.0 Å². The third-order valence-corrected chi connectivity index (χ3v) is 6.98. The fourth-order valence-corrected chi connectivity index (χ4v) is 5.13. The Balaban J connectivity index is 1.55. The highest BCUT2D eigenvalue weighted by atomic mass is 16.5. The molecule has 4 aromatic rings. The summed E-state index contributed by atoms with van der Waals surface area (Å²) in [5.41, 5.74) is 3.39. The predicted octanol–water partition coefficient (Wildman–Crippen LogP) is 6.52. The van der Waals surface area contributed by atoms with Crippen molar-refractivity contribution in [2.45, 2.75) is 45.1 Å². The molecular formula is C29H31N3O4. The lowest BCUT2D eigenvalue weighted by Gasteiger charge is -2.29. The molecule has 1 aliphatic carbocycles. The van der Waals surface area contributed by atoms with Crippen molar-refractivity contribution in [1.29, 1.82) is 0 Å². The second-order valence-electron chi connectivity index (χ2n) is 9.43. The molecular weight excluding hydrogens is 454 g/mol. The van der Waals surface area contributed by atoms with Crippen LogP contribution in [0.15, 0.2) is 59.3 Å². The maximum atomic E-state index is 11.5. The van der Waals surface area contributed by atoms with E-state index >= 15 is 0 Å². The number of nitrogens with one attached hydrogen (secondary N) is 1. The van der Waals surface area contributed by atoms with Crippen LogP contribution in [0, 0.1) is 5.92 Å². The molecule has 0 bridgehead atoms. The maximum absolute atomic E-state index is 11.5. The number of benzene rings is 2. The summed E-state index contributed by atoms with van der Waals surface area (Å²) < 4.78 is 17.1. The average molecular weight is 486 g/mol. The minimum Gasteiger partial charge on any atom is -0.497 e. The first-order valence-corrected chi connectivity index (χ1v) is 12.4. The van der Waals surface area contributed by atoms with E-state index in [1.54, 1.807) is 27.5 Å². The number of furan rings is 1. The minimum absolute atomic E-state index is 0.275. The summed E-state index contributed by atoms with van der Waals surface area (Å²) in [5, 5.41) is 4.53. The van der Waals surface area contributed by atoms with Crippen LogP contribution in [0.5, 0.6) is 11.5 Å². The highest BCUT2D eigenvalue weighted by molar-refractivity contribution is 6.06. The van der Waals surface area contributed by atoms with Crippen LogP contribution < -0.4 is 14.8 Å². The van der Waals surface area contributed by atoms with Gasteiger partial charge in [0.1, 0.15) is 35.2 Å². The molecule has 2 heterocycles. The Morgan fingerprint density at radius 3 is 2.11 bits per heavy atom. The molecule has 1 N–H and O–H groups in total. The lowest BCUT2D eigenvalue weighted by Crippen LogP contribution is -2.27. The normalized spacial score (nSPS) is 17.6. The highest BCUT2D eigenvalue weighted by Gasteiger charge is 2.26. The van der Waals surface area contributed by atoms with Gasteiger partial charge >= 0.3 is 0 Å². The van der Waals surface area contributed by atoms with Gasteiger partial charge in [0, 0.05) is 23.6 Å². The van der Waals surface area contributed by atoms with E-state index in [0.717, 1.165) is 70.8 Å². The Morgan fingerprint density at radius 1 is 0.917 bits per heavy atom. The van der Waals surface area contributed by atoms with Crippen molar-refractivity contribution in [2.24, 2.45) is 5.92 Å². The Bertz CT molecular complexity index is 1340. The molecule has 186 valence electrons. The molecule has 36 heavy (non-hydrogen) atoms. The second kappa shape index (κ2) is 10.4. The molecule has 1 aliphatic rings. The van der Waals surface area contributed by atoms with E-state index in [-0.39, 0.29) is 11.8 Å². The Labute approximate surface area is 210 Å². The molecule has 0 radical (unpaired) electrons. The van der Waals surface area contributed by atoms with Gasteiger partial charge in [-0.05, 0) is 80.5 Å². The van der Waals surface area contributed by atoms with Crippen LogP contribution in [0.25, 0.3) is 33.6 Å². The number of Topliss-reactive ketones (excluding diaryl/α,β-unsaturated/α-hetero) is 1. The van der Waals surface area contributed by atoms with E-state index in [1.165, 1.54) is 0 Å². The molecule has 2 aromatic heterocycles. The van der Waals surface area contributed by atoms with Crippen molar-refractivity contribution in [3.63, 3.8) is 0 Å². The van der Waals surface area contributed by atoms with Crippen molar-refractivity contribution < 1.29 is 18.7 Å². The Morgan fingerprint density at radius 2 is 1.53 bits per heavy atom. The SMILES string of the molecule is COc1ccc(-c2oc3ncnc(NC4CCC(CC(C)=O)CC4)c3c2-c2ccc(OC)cc2)cc1. The zero-order chi connectivity index (χ0) is 25.1. The van der Waals surface area contributed by atoms with Crippen LogP contribution >= 0.6 is 0 Å². The van der Waals surface area contributed by atoms with Gasteiger partial charge in [0.2, 0.25) is 5.71 Å². The molecule has 0 unspecified atom stereocenters. The number of hydrogen-bond acceptors (Lipinski definition) is 7. The number of anilines is 1. The number of carbonyl (C=O) groups excluding carboxylic acids is 1. The third kappa shape index (κ3) is 4.91.